The molecule has 40 heavy (non-hydrogen) atoms. The Morgan fingerprint density at radius 2 is 1.77 bits per heavy atom. The van der Waals surface area contributed by atoms with Crippen LogP contribution in [-0.2, 0) is 26.0 Å². The number of aliphatic carboxylic acids is 1. The van der Waals surface area contributed by atoms with E-state index in [1.165, 1.54) is 10.6 Å². The van der Waals surface area contributed by atoms with Gasteiger partial charge in [-0.2, -0.15) is 0 Å². The largest absolute Gasteiger partial charge is 0.481 e. The summed E-state index contributed by atoms with van der Waals surface area (Å²) in [6, 6.07) is 19.4. The van der Waals surface area contributed by atoms with Crippen molar-refractivity contribution in [3.05, 3.63) is 88.4 Å². The molecule has 0 aromatic heterocycles. The molecule has 2 N–H and O–H groups in total. The van der Waals surface area contributed by atoms with Crippen molar-refractivity contribution in [3.8, 4) is 0 Å². The SMILES string of the molecule is CN(C)CCN(c1ccc(N=C(c2cccc(CCC(=O)O)c2)C2C(=O)Nc3cc(Cl)ccc32)cc1)S(C)(=O)=O. The van der Waals surface area contributed by atoms with Crippen molar-refractivity contribution in [3.63, 3.8) is 0 Å². The molecule has 11 heteroatoms. The van der Waals surface area contributed by atoms with Gasteiger partial charge in [0.05, 0.1) is 23.3 Å². The zero-order chi connectivity index (χ0) is 29.0. The van der Waals surface area contributed by atoms with Gasteiger partial charge >= 0.3 is 5.97 Å². The molecule has 1 amide bonds. The van der Waals surface area contributed by atoms with Crippen LogP contribution in [0.3, 0.4) is 0 Å². The van der Waals surface area contributed by atoms with Gasteiger partial charge in [-0.05, 0) is 79.7 Å². The number of likely N-dealkylation sites (N-methyl/N-ethyl adjacent to an activating group) is 1. The maximum Gasteiger partial charge on any atom is 0.303 e. The smallest absolute Gasteiger partial charge is 0.303 e. The van der Waals surface area contributed by atoms with E-state index in [1.54, 1.807) is 42.5 Å². The highest BCUT2D eigenvalue weighted by Crippen LogP contribution is 2.38. The number of carboxylic acid groups (broad SMARTS) is 1. The second-order valence-electron chi connectivity index (χ2n) is 9.90. The van der Waals surface area contributed by atoms with Crippen molar-refractivity contribution < 1.29 is 23.1 Å². The third-order valence-corrected chi connectivity index (χ3v) is 7.94. The number of carboxylic acids is 1. The number of anilines is 2. The molecule has 0 radical (unpaired) electrons. The standard InChI is InChI=1S/C29H31ClN4O5S/c1-33(2)15-16-34(40(3,38)39)23-11-9-22(10-12-23)31-28(20-6-4-5-19(17-20)7-14-26(35)36)27-24-13-8-21(30)18-25(24)32-29(27)37/h4-6,8-13,17-18,27H,7,14-16H2,1-3H3,(H,32,37)(H,35,36). The van der Waals surface area contributed by atoms with Crippen molar-refractivity contribution in [1.82, 2.24) is 4.90 Å². The molecule has 0 fully saturated rings. The molecule has 0 saturated heterocycles. The number of benzene rings is 3. The fourth-order valence-electron chi connectivity index (χ4n) is 4.55. The monoisotopic (exact) mass is 582 g/mol. The van der Waals surface area contributed by atoms with Gasteiger partial charge in [0.1, 0.15) is 5.92 Å². The first-order valence-electron chi connectivity index (χ1n) is 12.6. The molecule has 1 aliphatic heterocycles. The maximum atomic E-state index is 13.2. The van der Waals surface area contributed by atoms with Crippen LogP contribution in [0.5, 0.6) is 0 Å². The molecular formula is C29H31ClN4O5S. The van der Waals surface area contributed by atoms with Crippen molar-refractivity contribution in [2.24, 2.45) is 4.99 Å². The van der Waals surface area contributed by atoms with Crippen molar-refractivity contribution in [2.45, 2.75) is 18.8 Å². The van der Waals surface area contributed by atoms with Gasteiger partial charge in [0, 0.05) is 30.2 Å². The summed E-state index contributed by atoms with van der Waals surface area (Å²) in [6.07, 6.45) is 1.49. The second kappa shape index (κ2) is 12.2. The summed E-state index contributed by atoms with van der Waals surface area (Å²) in [7, 11) is 0.253. The molecule has 210 valence electrons. The highest BCUT2D eigenvalue weighted by atomic mass is 35.5. The highest BCUT2D eigenvalue weighted by molar-refractivity contribution is 7.92. The van der Waals surface area contributed by atoms with Crippen molar-refractivity contribution in [1.29, 1.82) is 0 Å². The molecule has 0 saturated carbocycles. The number of amides is 1. The molecule has 1 unspecified atom stereocenters. The molecule has 1 atom stereocenters. The first kappa shape index (κ1) is 29.3. The number of carbonyl (C=O) groups excluding carboxylic acids is 1. The molecule has 0 bridgehead atoms. The Kier molecular flexibility index (Phi) is 8.92. The van der Waals surface area contributed by atoms with E-state index in [1.807, 2.05) is 43.3 Å². The van der Waals surface area contributed by atoms with Crippen LogP contribution in [0.25, 0.3) is 0 Å². The summed E-state index contributed by atoms with van der Waals surface area (Å²) < 4.78 is 26.3. The average molecular weight is 583 g/mol. The zero-order valence-corrected chi connectivity index (χ0v) is 24.0. The Labute approximate surface area is 239 Å². The second-order valence-corrected chi connectivity index (χ2v) is 12.2. The lowest BCUT2D eigenvalue weighted by Gasteiger charge is -2.24. The summed E-state index contributed by atoms with van der Waals surface area (Å²) >= 11 is 6.16. The zero-order valence-electron chi connectivity index (χ0n) is 22.5. The number of hydrogen-bond donors (Lipinski definition) is 2. The van der Waals surface area contributed by atoms with Gasteiger partial charge in [-0.15, -0.1) is 0 Å². The topological polar surface area (TPSA) is 119 Å². The number of nitrogens with one attached hydrogen (secondary N) is 1. The van der Waals surface area contributed by atoms with Crippen LogP contribution in [0.4, 0.5) is 17.1 Å². The molecule has 0 spiro atoms. The van der Waals surface area contributed by atoms with Crippen LogP contribution in [0.2, 0.25) is 5.02 Å². The molecule has 9 nitrogen and oxygen atoms in total. The third kappa shape index (κ3) is 7.07. The number of nitrogens with zero attached hydrogens (tertiary/aromatic N) is 3. The summed E-state index contributed by atoms with van der Waals surface area (Å²) in [5.41, 5.74) is 4.35. The van der Waals surface area contributed by atoms with Crippen LogP contribution < -0.4 is 9.62 Å². The number of sulfonamides is 1. The normalized spacial score (nSPS) is 15.2. The number of hydrogen-bond acceptors (Lipinski definition) is 6. The number of carbonyl (C=O) groups is 2. The fraction of sp³-hybridized carbons (Fsp3) is 0.276. The molecule has 4 rings (SSSR count). The van der Waals surface area contributed by atoms with E-state index in [9.17, 15) is 18.0 Å². The number of aliphatic imine (C=N–C) groups is 1. The number of halogens is 1. The minimum absolute atomic E-state index is 0.0205. The quantitative estimate of drug-likeness (QED) is 0.320. The van der Waals surface area contributed by atoms with Crippen molar-refractivity contribution >= 4 is 56.3 Å². The first-order chi connectivity index (χ1) is 18.9. The fourth-order valence-corrected chi connectivity index (χ4v) is 5.64. The lowest BCUT2D eigenvalue weighted by Crippen LogP contribution is -2.35. The summed E-state index contributed by atoms with van der Waals surface area (Å²) in [6.45, 7) is 0.847. The maximum absolute atomic E-state index is 13.2. The van der Waals surface area contributed by atoms with E-state index in [4.69, 9.17) is 21.7 Å². The van der Waals surface area contributed by atoms with E-state index < -0.39 is 21.9 Å². The Morgan fingerprint density at radius 3 is 2.42 bits per heavy atom. The Hall–Kier alpha value is -3.73. The predicted octanol–water partition coefficient (Wildman–Crippen LogP) is 4.54. The van der Waals surface area contributed by atoms with Crippen LogP contribution in [0, 0.1) is 0 Å². The average Bonchev–Trinajstić information content (AvgIpc) is 3.20. The van der Waals surface area contributed by atoms with Crippen molar-refractivity contribution in [2.75, 3.05) is 43.1 Å². The lowest BCUT2D eigenvalue weighted by molar-refractivity contribution is -0.137. The van der Waals surface area contributed by atoms with E-state index >= 15 is 0 Å². The molecule has 0 aliphatic carbocycles. The lowest BCUT2D eigenvalue weighted by atomic mass is 9.89. The molecular weight excluding hydrogens is 552 g/mol. The Bertz CT molecular complexity index is 1550. The summed E-state index contributed by atoms with van der Waals surface area (Å²) in [5.74, 6) is -1.88. The first-order valence-corrected chi connectivity index (χ1v) is 14.9. The number of aryl methyl sites for hydroxylation is 1. The van der Waals surface area contributed by atoms with Gasteiger partial charge in [-0.25, -0.2) is 8.42 Å². The van der Waals surface area contributed by atoms with E-state index in [2.05, 4.69) is 5.32 Å². The molecule has 3 aromatic carbocycles. The Balaban J connectivity index is 1.77. The highest BCUT2D eigenvalue weighted by Gasteiger charge is 2.35. The third-order valence-electron chi connectivity index (χ3n) is 6.51. The van der Waals surface area contributed by atoms with Crippen LogP contribution >= 0.6 is 11.6 Å². The van der Waals surface area contributed by atoms with Crippen LogP contribution in [0.1, 0.15) is 29.0 Å². The molecule has 1 aliphatic rings. The van der Waals surface area contributed by atoms with Gasteiger partial charge in [0.25, 0.3) is 0 Å². The minimum atomic E-state index is -3.50. The predicted molar refractivity (Wildman–Crippen MR) is 159 cm³/mol. The molecule has 1 heterocycles. The van der Waals surface area contributed by atoms with Gasteiger partial charge in [0.15, 0.2) is 0 Å². The number of rotatable bonds is 11. The van der Waals surface area contributed by atoms with E-state index in [0.29, 0.717) is 52.9 Å². The Morgan fingerprint density at radius 1 is 1.05 bits per heavy atom. The van der Waals surface area contributed by atoms with E-state index in [-0.39, 0.29) is 12.3 Å². The van der Waals surface area contributed by atoms with Crippen LogP contribution in [0.15, 0.2) is 71.7 Å². The minimum Gasteiger partial charge on any atom is -0.481 e. The summed E-state index contributed by atoms with van der Waals surface area (Å²) in [5, 5.41) is 12.5. The summed E-state index contributed by atoms with van der Waals surface area (Å²) in [4.78, 5) is 31.2. The number of fused-ring (bicyclic) bond motifs is 1. The van der Waals surface area contributed by atoms with Gasteiger partial charge in [0.2, 0.25) is 15.9 Å². The van der Waals surface area contributed by atoms with Crippen LogP contribution in [-0.4, -0.2) is 69.5 Å². The van der Waals surface area contributed by atoms with Gasteiger partial charge < -0.3 is 15.3 Å². The van der Waals surface area contributed by atoms with E-state index in [0.717, 1.165) is 11.1 Å². The molecule has 3 aromatic rings. The van der Waals surface area contributed by atoms with Gasteiger partial charge in [-0.1, -0.05) is 35.9 Å². The van der Waals surface area contributed by atoms with Gasteiger partial charge in [-0.3, -0.25) is 18.9 Å².